The van der Waals surface area contributed by atoms with Gasteiger partial charge in [-0.3, -0.25) is 0 Å². The summed E-state index contributed by atoms with van der Waals surface area (Å²) in [5, 5.41) is 0. The van der Waals surface area contributed by atoms with Crippen LogP contribution >= 0.6 is 24.0 Å². The van der Waals surface area contributed by atoms with Gasteiger partial charge >= 0.3 is 0 Å². The Kier molecular flexibility index (Phi) is 31.0. The van der Waals surface area contributed by atoms with E-state index in [4.69, 9.17) is 0 Å². The first-order valence-corrected chi connectivity index (χ1v) is 2.91. The molecule has 0 aliphatic carbocycles. The van der Waals surface area contributed by atoms with E-state index in [0.717, 1.165) is 0 Å². The second-order valence-corrected chi connectivity index (χ2v) is 1.71. The fourth-order valence-corrected chi connectivity index (χ4v) is 0.500. The fraction of sp³-hybridized carbons (Fsp3) is 1.00. The van der Waals surface area contributed by atoms with Crippen molar-refractivity contribution in [2.45, 2.75) is 39.5 Å². The minimum atomic E-state index is 0. The van der Waals surface area contributed by atoms with Crippen molar-refractivity contribution in [3.63, 3.8) is 0 Å². The summed E-state index contributed by atoms with van der Waals surface area (Å²) < 4.78 is 0. The van der Waals surface area contributed by atoms with Crippen molar-refractivity contribution in [1.29, 1.82) is 0 Å². The Hall–Kier alpha value is 0.690. The van der Waals surface area contributed by atoms with Gasteiger partial charge in [0.05, 0.1) is 0 Å². The van der Waals surface area contributed by atoms with Crippen molar-refractivity contribution in [3.05, 3.63) is 0 Å². The third-order valence-electron chi connectivity index (χ3n) is 0.957. The molecule has 0 aromatic rings. The molecule has 0 fully saturated rings. The molecule has 0 rings (SSSR count). The van der Waals surface area contributed by atoms with Crippen molar-refractivity contribution in [2.24, 2.45) is 0 Å². The van der Waals surface area contributed by atoms with E-state index in [2.05, 4.69) is 13.8 Å². The van der Waals surface area contributed by atoms with Crippen LogP contribution in [0.3, 0.4) is 0 Å². The molecule has 0 aliphatic heterocycles. The summed E-state index contributed by atoms with van der Waals surface area (Å²) in [6.07, 6.45) is 5.54. The molecule has 0 heterocycles. The van der Waals surface area contributed by atoms with Crippen LogP contribution in [-0.2, 0) is 0 Å². The average Bonchev–Trinajstić information content (AvgIpc) is 1.61. The van der Waals surface area contributed by atoms with Gasteiger partial charge in [0.2, 0.25) is 0 Å². The molecule has 0 saturated heterocycles. The lowest BCUT2D eigenvalue weighted by Crippen LogP contribution is -1.66. The molecular formula is C6H18IN. The van der Waals surface area contributed by atoms with Gasteiger partial charge in [-0.05, 0) is 0 Å². The van der Waals surface area contributed by atoms with Crippen LogP contribution in [0.2, 0.25) is 0 Å². The molecule has 0 aliphatic rings. The lowest BCUT2D eigenvalue weighted by molar-refractivity contribution is 0.702. The largest absolute Gasteiger partial charge is 0.344 e. The lowest BCUT2D eigenvalue weighted by atomic mass is 10.2. The smallest absolute Gasteiger partial charge is 0.0536 e. The molecule has 0 bridgehead atoms. The van der Waals surface area contributed by atoms with Crippen LogP contribution in [0, 0.1) is 0 Å². The van der Waals surface area contributed by atoms with Crippen molar-refractivity contribution in [3.8, 4) is 0 Å². The lowest BCUT2D eigenvalue weighted by Gasteiger charge is -1.86. The monoisotopic (exact) mass is 231 g/mol. The van der Waals surface area contributed by atoms with Crippen molar-refractivity contribution >= 4 is 24.0 Å². The number of unbranched alkanes of at least 4 members (excludes halogenated alkanes) is 3. The van der Waals surface area contributed by atoms with E-state index in [1.807, 2.05) is 0 Å². The molecule has 2 heteroatoms. The summed E-state index contributed by atoms with van der Waals surface area (Å²) in [6, 6.07) is 0. The van der Waals surface area contributed by atoms with Gasteiger partial charge in [0.1, 0.15) is 0 Å². The topological polar surface area (TPSA) is 35.0 Å². The van der Waals surface area contributed by atoms with E-state index in [-0.39, 0.29) is 30.1 Å². The Bertz CT molecular complexity index is 20.5. The van der Waals surface area contributed by atoms with Crippen LogP contribution in [0.25, 0.3) is 0 Å². The zero-order valence-corrected chi connectivity index (χ0v) is 8.27. The van der Waals surface area contributed by atoms with Crippen LogP contribution in [0.1, 0.15) is 39.5 Å². The summed E-state index contributed by atoms with van der Waals surface area (Å²) in [4.78, 5) is 0. The molecule has 3 N–H and O–H groups in total. The molecule has 0 unspecified atom stereocenters. The van der Waals surface area contributed by atoms with Crippen LogP contribution in [0.5, 0.6) is 0 Å². The summed E-state index contributed by atoms with van der Waals surface area (Å²) in [5.41, 5.74) is 0. The highest BCUT2D eigenvalue weighted by atomic mass is 127. The average molecular weight is 231 g/mol. The van der Waals surface area contributed by atoms with Gasteiger partial charge in [0.15, 0.2) is 0 Å². The molecule has 1 nitrogen and oxygen atoms in total. The summed E-state index contributed by atoms with van der Waals surface area (Å²) >= 11 is 0. The minimum absolute atomic E-state index is 0. The molecular weight excluding hydrogens is 213 g/mol. The predicted octanol–water partition coefficient (Wildman–Crippen LogP) is 3.37. The molecule has 0 amide bonds. The fourth-order valence-electron chi connectivity index (χ4n) is 0.500. The zero-order valence-electron chi connectivity index (χ0n) is 5.94. The minimum Gasteiger partial charge on any atom is -0.344 e. The SMILES string of the molecule is CCCCCC.I.N. The number of hydrogen-bond donors (Lipinski definition) is 1. The van der Waals surface area contributed by atoms with Crippen LogP contribution < -0.4 is 6.15 Å². The Morgan fingerprint density at radius 3 is 1.25 bits per heavy atom. The highest BCUT2D eigenvalue weighted by molar-refractivity contribution is 14.0. The maximum atomic E-state index is 2.23. The van der Waals surface area contributed by atoms with Gasteiger partial charge in [0, 0.05) is 0 Å². The van der Waals surface area contributed by atoms with Crippen molar-refractivity contribution in [2.75, 3.05) is 0 Å². The molecule has 8 heavy (non-hydrogen) atoms. The molecule has 0 aromatic heterocycles. The Morgan fingerprint density at radius 2 is 1.12 bits per heavy atom. The Balaban J connectivity index is -0.000000125. The van der Waals surface area contributed by atoms with Crippen LogP contribution in [0.15, 0.2) is 0 Å². The van der Waals surface area contributed by atoms with E-state index in [9.17, 15) is 0 Å². The van der Waals surface area contributed by atoms with E-state index in [1.165, 1.54) is 25.7 Å². The molecule has 0 saturated carbocycles. The van der Waals surface area contributed by atoms with Gasteiger partial charge in [-0.1, -0.05) is 39.5 Å². The van der Waals surface area contributed by atoms with Crippen LogP contribution in [0.4, 0.5) is 0 Å². The molecule has 0 spiro atoms. The summed E-state index contributed by atoms with van der Waals surface area (Å²) in [5.74, 6) is 0. The van der Waals surface area contributed by atoms with Gasteiger partial charge in [-0.25, -0.2) is 0 Å². The number of halogens is 1. The van der Waals surface area contributed by atoms with Gasteiger partial charge in [-0.2, -0.15) is 0 Å². The molecule has 0 aromatic carbocycles. The zero-order chi connectivity index (χ0) is 4.83. The maximum absolute atomic E-state index is 2.23. The first-order chi connectivity index (χ1) is 2.91. The highest BCUT2D eigenvalue weighted by Crippen LogP contribution is 1.95. The quantitative estimate of drug-likeness (QED) is 0.586. The van der Waals surface area contributed by atoms with E-state index < -0.39 is 0 Å². The standard InChI is InChI=1S/C6H14.HI.H3N/c1-3-5-6-4-2;;/h3-6H2,1-2H3;1H;1H3. The maximum Gasteiger partial charge on any atom is -0.0536 e. The van der Waals surface area contributed by atoms with Gasteiger partial charge in [0.25, 0.3) is 0 Å². The normalized spacial score (nSPS) is 6.75. The highest BCUT2D eigenvalue weighted by Gasteiger charge is 1.75. The molecule has 54 valence electrons. The van der Waals surface area contributed by atoms with E-state index in [0.29, 0.717) is 0 Å². The second kappa shape index (κ2) is 15.6. The summed E-state index contributed by atoms with van der Waals surface area (Å²) in [6.45, 7) is 4.46. The molecule has 0 atom stereocenters. The van der Waals surface area contributed by atoms with Crippen LogP contribution in [-0.4, -0.2) is 0 Å². The first-order valence-electron chi connectivity index (χ1n) is 2.91. The first kappa shape index (κ1) is 15.9. The number of rotatable bonds is 3. The Morgan fingerprint density at radius 1 is 0.875 bits per heavy atom. The van der Waals surface area contributed by atoms with E-state index in [1.54, 1.807) is 0 Å². The number of hydrogen-bond acceptors (Lipinski definition) is 1. The van der Waals surface area contributed by atoms with E-state index >= 15 is 0 Å². The van der Waals surface area contributed by atoms with Crippen molar-refractivity contribution in [1.82, 2.24) is 6.15 Å². The van der Waals surface area contributed by atoms with Gasteiger partial charge in [-0.15, -0.1) is 24.0 Å². The van der Waals surface area contributed by atoms with Crippen molar-refractivity contribution < 1.29 is 0 Å². The third kappa shape index (κ3) is 15.9. The second-order valence-electron chi connectivity index (χ2n) is 1.71. The Labute approximate surface area is 69.8 Å². The molecule has 0 radical (unpaired) electrons. The predicted molar refractivity (Wildman–Crippen MR) is 50.3 cm³/mol. The third-order valence-corrected chi connectivity index (χ3v) is 0.957. The summed E-state index contributed by atoms with van der Waals surface area (Å²) in [7, 11) is 0. The van der Waals surface area contributed by atoms with Gasteiger partial charge < -0.3 is 6.15 Å².